The Balaban J connectivity index is 1.33. The van der Waals surface area contributed by atoms with Crippen LogP contribution in [-0.2, 0) is 30.5 Å². The Bertz CT molecular complexity index is 1150. The van der Waals surface area contributed by atoms with Crippen molar-refractivity contribution in [3.8, 4) is 0 Å². The normalized spacial score (nSPS) is 21.5. The number of likely N-dealkylation sites (tertiary alicyclic amines) is 1. The Kier molecular flexibility index (Phi) is 8.62. The summed E-state index contributed by atoms with van der Waals surface area (Å²) in [6, 6.07) is 14.3. The van der Waals surface area contributed by atoms with Crippen molar-refractivity contribution in [3.63, 3.8) is 0 Å². The Morgan fingerprint density at radius 1 is 1.11 bits per heavy atom. The zero-order valence-electron chi connectivity index (χ0n) is 21.9. The SMILES string of the molecule is CC(NC(=O)c1ccc(N(C)C)cc1)C(=O)N1CCCC1C(=O)NC1CC(=O)OC1OCc1ccccc1. The number of benzene rings is 2. The fourth-order valence-electron chi connectivity index (χ4n) is 4.64. The minimum Gasteiger partial charge on any atom is -0.433 e. The lowest BCUT2D eigenvalue weighted by Gasteiger charge is -2.28. The summed E-state index contributed by atoms with van der Waals surface area (Å²) in [7, 11) is 3.82. The molecule has 0 aliphatic carbocycles. The number of ether oxygens (including phenoxy) is 2. The number of esters is 1. The maximum absolute atomic E-state index is 13.2. The van der Waals surface area contributed by atoms with E-state index in [1.54, 1.807) is 19.1 Å². The number of anilines is 1. The van der Waals surface area contributed by atoms with Gasteiger partial charge in [0.2, 0.25) is 18.1 Å². The van der Waals surface area contributed by atoms with E-state index in [-0.39, 0.29) is 30.7 Å². The number of rotatable bonds is 9. The van der Waals surface area contributed by atoms with Gasteiger partial charge in [0.05, 0.1) is 13.0 Å². The molecule has 0 aromatic heterocycles. The lowest BCUT2D eigenvalue weighted by atomic mass is 10.1. The third-order valence-corrected chi connectivity index (χ3v) is 6.75. The summed E-state index contributed by atoms with van der Waals surface area (Å²) in [6.45, 7) is 2.25. The first-order chi connectivity index (χ1) is 18.2. The molecule has 2 fully saturated rings. The highest BCUT2D eigenvalue weighted by atomic mass is 16.7. The Hall–Kier alpha value is -3.92. The van der Waals surface area contributed by atoms with Crippen LogP contribution in [-0.4, -0.2) is 73.6 Å². The molecular formula is C28H34N4O6. The molecule has 0 radical (unpaired) electrons. The summed E-state index contributed by atoms with van der Waals surface area (Å²) in [5.41, 5.74) is 2.31. The quantitative estimate of drug-likeness (QED) is 0.483. The van der Waals surface area contributed by atoms with Crippen LogP contribution >= 0.6 is 0 Å². The first-order valence-corrected chi connectivity index (χ1v) is 12.8. The fraction of sp³-hybridized carbons (Fsp3) is 0.429. The molecule has 38 heavy (non-hydrogen) atoms. The summed E-state index contributed by atoms with van der Waals surface area (Å²) in [5.74, 6) is -1.53. The molecule has 10 heteroatoms. The molecule has 0 spiro atoms. The summed E-state index contributed by atoms with van der Waals surface area (Å²) >= 11 is 0. The topological polar surface area (TPSA) is 117 Å². The van der Waals surface area contributed by atoms with Crippen LogP contribution < -0.4 is 15.5 Å². The van der Waals surface area contributed by atoms with E-state index in [1.807, 2.05) is 61.5 Å². The molecule has 2 aliphatic heterocycles. The standard InChI is InChI=1S/C28H34N4O6/c1-18(29-25(34)20-11-13-21(14-12-20)31(2)3)27(36)32-15-7-10-23(32)26(35)30-22-16-24(33)38-28(22)37-17-19-8-5-4-6-9-19/h4-6,8-9,11-14,18,22-23,28H,7,10,15-17H2,1-3H3,(H,29,34)(H,30,35). The minimum atomic E-state index is -0.908. The van der Waals surface area contributed by atoms with Crippen LogP contribution in [0.3, 0.4) is 0 Å². The second-order valence-electron chi connectivity index (χ2n) is 9.80. The molecular weight excluding hydrogens is 488 g/mol. The van der Waals surface area contributed by atoms with Crippen molar-refractivity contribution in [3.05, 3.63) is 65.7 Å². The van der Waals surface area contributed by atoms with Gasteiger partial charge in [0, 0.05) is 31.9 Å². The van der Waals surface area contributed by atoms with Crippen LogP contribution in [0.15, 0.2) is 54.6 Å². The van der Waals surface area contributed by atoms with Crippen molar-refractivity contribution in [2.24, 2.45) is 0 Å². The van der Waals surface area contributed by atoms with Gasteiger partial charge in [0.25, 0.3) is 5.91 Å². The van der Waals surface area contributed by atoms with Crippen LogP contribution in [0.1, 0.15) is 42.1 Å². The van der Waals surface area contributed by atoms with Crippen LogP contribution in [0.5, 0.6) is 0 Å². The molecule has 202 valence electrons. The molecule has 10 nitrogen and oxygen atoms in total. The van der Waals surface area contributed by atoms with Gasteiger partial charge in [0.1, 0.15) is 18.1 Å². The monoisotopic (exact) mass is 522 g/mol. The number of nitrogens with one attached hydrogen (secondary N) is 2. The average molecular weight is 523 g/mol. The van der Waals surface area contributed by atoms with E-state index >= 15 is 0 Å². The summed E-state index contributed by atoms with van der Waals surface area (Å²) in [6.07, 6.45) is 0.228. The van der Waals surface area contributed by atoms with E-state index in [2.05, 4.69) is 10.6 Å². The number of amides is 3. The van der Waals surface area contributed by atoms with Crippen LogP contribution in [0.4, 0.5) is 5.69 Å². The number of hydrogen-bond donors (Lipinski definition) is 2. The van der Waals surface area contributed by atoms with Gasteiger partial charge in [0.15, 0.2) is 0 Å². The third kappa shape index (κ3) is 6.49. The van der Waals surface area contributed by atoms with Crippen LogP contribution in [0.2, 0.25) is 0 Å². The number of carbonyl (C=O) groups is 4. The van der Waals surface area contributed by atoms with Gasteiger partial charge in [-0.1, -0.05) is 30.3 Å². The maximum atomic E-state index is 13.2. The summed E-state index contributed by atoms with van der Waals surface area (Å²) in [4.78, 5) is 54.5. The third-order valence-electron chi connectivity index (χ3n) is 6.75. The zero-order valence-corrected chi connectivity index (χ0v) is 21.9. The molecule has 2 aliphatic rings. The van der Waals surface area contributed by atoms with E-state index < -0.39 is 30.4 Å². The molecule has 2 heterocycles. The van der Waals surface area contributed by atoms with Gasteiger partial charge in [-0.3, -0.25) is 19.2 Å². The van der Waals surface area contributed by atoms with Gasteiger partial charge in [-0.05, 0) is 49.6 Å². The highest BCUT2D eigenvalue weighted by Gasteiger charge is 2.41. The fourth-order valence-corrected chi connectivity index (χ4v) is 4.64. The van der Waals surface area contributed by atoms with Crippen molar-refractivity contribution < 1.29 is 28.7 Å². The largest absolute Gasteiger partial charge is 0.433 e. The Morgan fingerprint density at radius 3 is 2.50 bits per heavy atom. The molecule has 0 bridgehead atoms. The highest BCUT2D eigenvalue weighted by molar-refractivity contribution is 5.98. The predicted octanol–water partition coefficient (Wildman–Crippen LogP) is 1.84. The van der Waals surface area contributed by atoms with Crippen molar-refractivity contribution in [2.75, 3.05) is 25.5 Å². The maximum Gasteiger partial charge on any atom is 0.310 e. The zero-order chi connectivity index (χ0) is 27.2. The smallest absolute Gasteiger partial charge is 0.310 e. The van der Waals surface area contributed by atoms with Gasteiger partial charge < -0.3 is 29.9 Å². The van der Waals surface area contributed by atoms with Crippen LogP contribution in [0, 0.1) is 0 Å². The van der Waals surface area contributed by atoms with Crippen molar-refractivity contribution in [1.82, 2.24) is 15.5 Å². The lowest BCUT2D eigenvalue weighted by Crippen LogP contribution is -2.54. The van der Waals surface area contributed by atoms with Gasteiger partial charge in [-0.15, -0.1) is 0 Å². The lowest BCUT2D eigenvalue weighted by molar-refractivity contribution is -0.168. The molecule has 4 rings (SSSR count). The molecule has 0 saturated carbocycles. The molecule has 3 amide bonds. The number of nitrogens with zero attached hydrogens (tertiary/aromatic N) is 2. The van der Waals surface area contributed by atoms with E-state index in [1.165, 1.54) is 4.90 Å². The molecule has 2 aromatic carbocycles. The molecule has 4 atom stereocenters. The molecule has 2 saturated heterocycles. The van der Waals surface area contributed by atoms with Crippen molar-refractivity contribution in [1.29, 1.82) is 0 Å². The summed E-state index contributed by atoms with van der Waals surface area (Å²) < 4.78 is 11.0. The van der Waals surface area contributed by atoms with Crippen LogP contribution in [0.25, 0.3) is 0 Å². The van der Waals surface area contributed by atoms with Gasteiger partial charge >= 0.3 is 5.97 Å². The Morgan fingerprint density at radius 2 is 1.82 bits per heavy atom. The van der Waals surface area contributed by atoms with E-state index in [0.717, 1.165) is 11.3 Å². The van der Waals surface area contributed by atoms with E-state index in [0.29, 0.717) is 24.9 Å². The molecule has 2 aromatic rings. The van der Waals surface area contributed by atoms with Gasteiger partial charge in [-0.2, -0.15) is 0 Å². The van der Waals surface area contributed by atoms with E-state index in [4.69, 9.17) is 9.47 Å². The number of hydrogen-bond acceptors (Lipinski definition) is 7. The minimum absolute atomic E-state index is 0.00899. The first kappa shape index (κ1) is 27.1. The number of carbonyl (C=O) groups excluding carboxylic acids is 4. The molecule has 2 N–H and O–H groups in total. The second-order valence-corrected chi connectivity index (χ2v) is 9.80. The van der Waals surface area contributed by atoms with Crippen molar-refractivity contribution in [2.45, 2.75) is 57.2 Å². The predicted molar refractivity (Wildman–Crippen MR) is 140 cm³/mol. The van der Waals surface area contributed by atoms with E-state index in [9.17, 15) is 19.2 Å². The molecule has 4 unspecified atom stereocenters. The van der Waals surface area contributed by atoms with Crippen molar-refractivity contribution >= 4 is 29.4 Å². The highest BCUT2D eigenvalue weighted by Crippen LogP contribution is 2.22. The number of cyclic esters (lactones) is 1. The first-order valence-electron chi connectivity index (χ1n) is 12.8. The summed E-state index contributed by atoms with van der Waals surface area (Å²) in [5, 5.41) is 5.59. The Labute approximate surface area is 222 Å². The van der Waals surface area contributed by atoms with Gasteiger partial charge in [-0.25, -0.2) is 0 Å². The average Bonchev–Trinajstić information content (AvgIpc) is 3.54. The second kappa shape index (κ2) is 12.1.